The molecule has 7 heteroatoms. The summed E-state index contributed by atoms with van der Waals surface area (Å²) < 4.78 is 16.9. The minimum absolute atomic E-state index is 0.259. The first kappa shape index (κ1) is 24.0. The highest BCUT2D eigenvalue weighted by Crippen LogP contribution is 2.40. The number of methoxy groups -OCH3 is 2. The van der Waals surface area contributed by atoms with E-state index in [4.69, 9.17) is 14.2 Å². The molecule has 1 saturated heterocycles. The van der Waals surface area contributed by atoms with Gasteiger partial charge in [-0.05, 0) is 40.6 Å². The van der Waals surface area contributed by atoms with Crippen molar-refractivity contribution in [2.45, 2.75) is 43.7 Å². The molecule has 2 atom stereocenters. The van der Waals surface area contributed by atoms with Crippen molar-refractivity contribution in [3.63, 3.8) is 0 Å². The third kappa shape index (κ3) is 4.89. The summed E-state index contributed by atoms with van der Waals surface area (Å²) in [5.74, 6) is 0.760. The molecule has 0 radical (unpaired) electrons. The Morgan fingerprint density at radius 1 is 1.22 bits per heavy atom. The molecule has 0 aromatic heterocycles. The second-order valence-corrected chi connectivity index (χ2v) is 15.1. The van der Waals surface area contributed by atoms with Crippen LogP contribution in [0.1, 0.15) is 17.5 Å². The lowest BCUT2D eigenvalue weighted by molar-refractivity contribution is -0.111. The summed E-state index contributed by atoms with van der Waals surface area (Å²) in [6.07, 6.45) is 2.49. The van der Waals surface area contributed by atoms with Crippen LogP contribution in [0.3, 0.4) is 0 Å². The van der Waals surface area contributed by atoms with Crippen LogP contribution in [0.4, 0.5) is 4.79 Å². The van der Waals surface area contributed by atoms with Gasteiger partial charge in [-0.25, -0.2) is 4.79 Å². The van der Waals surface area contributed by atoms with Crippen LogP contribution in [-0.2, 0) is 19.9 Å². The zero-order chi connectivity index (χ0) is 23.5. The van der Waals surface area contributed by atoms with Gasteiger partial charge in [0.15, 0.2) is 0 Å². The Labute approximate surface area is 191 Å². The largest absolute Gasteiger partial charge is 0.496 e. The molecule has 3 rings (SSSR count). The molecule has 1 aliphatic heterocycles. The monoisotopic (exact) mass is 455 g/mol. The number of rotatable bonds is 8. The highest BCUT2D eigenvalue weighted by molar-refractivity contribution is 6.76. The van der Waals surface area contributed by atoms with E-state index < -0.39 is 25.8 Å². The van der Waals surface area contributed by atoms with Crippen LogP contribution in [-0.4, -0.2) is 58.8 Å². The van der Waals surface area contributed by atoms with Crippen LogP contribution in [0.5, 0.6) is 5.75 Å². The Hall–Kier alpha value is -2.64. The van der Waals surface area contributed by atoms with Gasteiger partial charge in [-0.3, -0.25) is 4.90 Å². The maximum absolute atomic E-state index is 12.8. The Morgan fingerprint density at radius 3 is 2.56 bits per heavy atom. The van der Waals surface area contributed by atoms with Crippen molar-refractivity contribution in [2.24, 2.45) is 0 Å². The van der Waals surface area contributed by atoms with E-state index in [-0.39, 0.29) is 6.54 Å². The Kier molecular flexibility index (Phi) is 7.10. The molecule has 0 unspecified atom stereocenters. The van der Waals surface area contributed by atoms with Gasteiger partial charge in [0.05, 0.1) is 26.3 Å². The quantitative estimate of drug-likeness (QED) is 0.410. The second kappa shape index (κ2) is 9.46. The van der Waals surface area contributed by atoms with Gasteiger partial charge in [-0.15, -0.1) is 0 Å². The minimum Gasteiger partial charge on any atom is -0.496 e. The topological polar surface area (TPSA) is 65.1 Å². The maximum atomic E-state index is 12.8. The van der Waals surface area contributed by atoms with Gasteiger partial charge in [0.1, 0.15) is 17.6 Å². The molecular formula is C25H33NO5Si. The first-order chi connectivity index (χ1) is 15.2. The fraction of sp³-hybridized carbons (Fsp3) is 0.440. The van der Waals surface area contributed by atoms with Gasteiger partial charge in [0, 0.05) is 27.2 Å². The second-order valence-electron chi connectivity index (χ2n) is 9.52. The van der Waals surface area contributed by atoms with E-state index in [1.54, 1.807) is 20.3 Å². The van der Waals surface area contributed by atoms with Crippen molar-refractivity contribution in [1.82, 2.24) is 4.90 Å². The third-order valence-corrected chi connectivity index (χ3v) is 7.86. The van der Waals surface area contributed by atoms with Crippen LogP contribution in [0.2, 0.25) is 25.7 Å². The molecule has 0 saturated carbocycles. The van der Waals surface area contributed by atoms with Crippen molar-refractivity contribution in [1.29, 1.82) is 0 Å². The number of hydrogen-bond acceptors (Lipinski definition) is 5. The molecule has 2 aromatic carbocycles. The lowest BCUT2D eigenvalue weighted by Crippen LogP contribution is -2.39. The highest BCUT2D eigenvalue weighted by Gasteiger charge is 2.48. The van der Waals surface area contributed by atoms with Crippen molar-refractivity contribution < 1.29 is 23.8 Å². The molecule has 0 aliphatic carbocycles. The Morgan fingerprint density at radius 2 is 1.97 bits per heavy atom. The maximum Gasteiger partial charge on any atom is 0.410 e. The Bertz CT molecular complexity index is 1020. The average Bonchev–Trinajstić information content (AvgIpc) is 3.17. The van der Waals surface area contributed by atoms with Crippen LogP contribution in [0.25, 0.3) is 16.8 Å². The predicted molar refractivity (Wildman–Crippen MR) is 130 cm³/mol. The predicted octanol–water partition coefficient (Wildman–Crippen LogP) is 5.08. The first-order valence-corrected chi connectivity index (χ1v) is 14.6. The molecule has 1 amide bonds. The molecule has 1 aliphatic rings. The summed E-state index contributed by atoms with van der Waals surface area (Å²) in [4.78, 5) is 26.1. The van der Waals surface area contributed by atoms with E-state index in [0.29, 0.717) is 13.0 Å². The first-order valence-electron chi connectivity index (χ1n) is 10.8. The van der Waals surface area contributed by atoms with Crippen LogP contribution >= 0.6 is 0 Å². The average molecular weight is 456 g/mol. The number of carbonyl (C=O) groups excluding carboxylic acids is 2. The lowest BCUT2D eigenvalue weighted by Gasteiger charge is -2.28. The SMILES string of the molecule is C=Cc1cc2cc([C@]3(OC)C[C@@H](C=O)N(C(=O)OCC[Si](C)(C)C)C3)ccc2cc1OC. The smallest absolute Gasteiger partial charge is 0.410 e. The number of nitrogens with zero attached hydrogens (tertiary/aromatic N) is 1. The summed E-state index contributed by atoms with van der Waals surface area (Å²) in [5.41, 5.74) is 1.02. The lowest BCUT2D eigenvalue weighted by atomic mass is 9.89. The zero-order valence-corrected chi connectivity index (χ0v) is 20.6. The number of ether oxygens (including phenoxy) is 3. The van der Waals surface area contributed by atoms with Crippen LogP contribution < -0.4 is 4.74 Å². The zero-order valence-electron chi connectivity index (χ0n) is 19.6. The van der Waals surface area contributed by atoms with Crippen molar-refractivity contribution in [3.05, 3.63) is 48.0 Å². The van der Waals surface area contributed by atoms with E-state index in [1.807, 2.05) is 30.3 Å². The van der Waals surface area contributed by atoms with Gasteiger partial charge >= 0.3 is 6.09 Å². The normalized spacial score (nSPS) is 20.9. The van der Waals surface area contributed by atoms with E-state index in [1.165, 1.54) is 4.90 Å². The molecule has 172 valence electrons. The fourth-order valence-electron chi connectivity index (χ4n) is 4.14. The number of hydrogen-bond donors (Lipinski definition) is 0. The summed E-state index contributed by atoms with van der Waals surface area (Å²) in [7, 11) is 1.93. The summed E-state index contributed by atoms with van der Waals surface area (Å²) in [6, 6.07) is 10.3. The van der Waals surface area contributed by atoms with Gasteiger partial charge in [0.25, 0.3) is 0 Å². The molecule has 2 aromatic rings. The number of fused-ring (bicyclic) bond motifs is 1. The van der Waals surface area contributed by atoms with Crippen molar-refractivity contribution >= 4 is 37.3 Å². The van der Waals surface area contributed by atoms with Crippen molar-refractivity contribution in [2.75, 3.05) is 27.4 Å². The molecule has 1 fully saturated rings. The number of likely N-dealkylation sites (tertiary alicyclic amines) is 1. The van der Waals surface area contributed by atoms with Crippen LogP contribution in [0.15, 0.2) is 36.9 Å². The van der Waals surface area contributed by atoms with Gasteiger partial charge in [-0.1, -0.05) is 44.4 Å². The van der Waals surface area contributed by atoms with E-state index >= 15 is 0 Å². The third-order valence-electron chi connectivity index (χ3n) is 6.16. The molecular weight excluding hydrogens is 422 g/mol. The van der Waals surface area contributed by atoms with Gasteiger partial charge in [-0.2, -0.15) is 0 Å². The number of carbonyl (C=O) groups is 2. The molecule has 6 nitrogen and oxygen atoms in total. The standard InChI is InChI=1S/C25H33NO5Si/c1-7-18-12-20-13-21(9-8-19(20)14-23(18)29-2)25(30-3)15-22(16-27)26(17-25)24(28)31-10-11-32(4,5)6/h7-9,12-14,16,22H,1,10-11,15,17H2,2-6H3/t22-,25-/m0/s1. The highest BCUT2D eigenvalue weighted by atomic mass is 28.3. The molecule has 1 heterocycles. The summed E-state index contributed by atoms with van der Waals surface area (Å²) in [6.45, 7) is 11.2. The van der Waals surface area contributed by atoms with Crippen LogP contribution in [0, 0.1) is 0 Å². The van der Waals surface area contributed by atoms with E-state index in [9.17, 15) is 9.59 Å². The molecule has 0 spiro atoms. The molecule has 0 bridgehead atoms. The van der Waals surface area contributed by atoms with E-state index in [0.717, 1.165) is 40.0 Å². The Balaban J connectivity index is 1.89. The number of amides is 1. The molecule has 32 heavy (non-hydrogen) atoms. The number of benzene rings is 2. The van der Waals surface area contributed by atoms with Gasteiger partial charge in [0.2, 0.25) is 0 Å². The summed E-state index contributed by atoms with van der Waals surface area (Å²) in [5, 5.41) is 2.03. The van der Waals surface area contributed by atoms with E-state index in [2.05, 4.69) is 26.2 Å². The minimum atomic E-state index is -1.32. The molecule has 0 N–H and O–H groups in total. The van der Waals surface area contributed by atoms with Crippen molar-refractivity contribution in [3.8, 4) is 5.75 Å². The summed E-state index contributed by atoms with van der Waals surface area (Å²) >= 11 is 0. The van der Waals surface area contributed by atoms with Gasteiger partial charge < -0.3 is 19.0 Å². The number of aldehydes is 1. The fourth-order valence-corrected chi connectivity index (χ4v) is 4.86.